The highest BCUT2D eigenvalue weighted by atomic mass is 35.5. The fourth-order valence-electron chi connectivity index (χ4n) is 1.77. The van der Waals surface area contributed by atoms with Gasteiger partial charge in [-0.3, -0.25) is 0 Å². The predicted octanol–water partition coefficient (Wildman–Crippen LogP) is 0.352. The van der Waals surface area contributed by atoms with Crippen LogP contribution in [0.2, 0.25) is 5.02 Å². The molecule has 6 nitrogen and oxygen atoms in total. The summed E-state index contributed by atoms with van der Waals surface area (Å²) in [5, 5.41) is 10.1. The molecule has 0 aliphatic carbocycles. The molecule has 1 aromatic rings. The number of hydrogen-bond acceptors (Lipinski definition) is 5. The quantitative estimate of drug-likeness (QED) is 0.697. The van der Waals surface area contributed by atoms with Crippen molar-refractivity contribution < 1.29 is 18.3 Å². The minimum atomic E-state index is -3.82. The largest absolute Gasteiger partial charge is 0.399 e. The van der Waals surface area contributed by atoms with Gasteiger partial charge in [0.25, 0.3) is 0 Å². The average Bonchev–Trinajstić information content (AvgIpc) is 2.78. The van der Waals surface area contributed by atoms with E-state index >= 15 is 0 Å². The highest BCUT2D eigenvalue weighted by Crippen LogP contribution is 2.24. The summed E-state index contributed by atoms with van der Waals surface area (Å²) >= 11 is 5.85. The van der Waals surface area contributed by atoms with Crippen LogP contribution in [0.1, 0.15) is 6.42 Å². The van der Waals surface area contributed by atoms with Gasteiger partial charge in [0.05, 0.1) is 11.6 Å². The number of sulfonamides is 1. The third kappa shape index (κ3) is 3.37. The molecule has 0 spiro atoms. The SMILES string of the molecule is Nc1ccc(Cl)c(S(=O)(=O)NCC2(O)CCOC2)c1. The van der Waals surface area contributed by atoms with Crippen LogP contribution in [-0.2, 0) is 14.8 Å². The second kappa shape index (κ2) is 5.26. The number of hydrogen-bond donors (Lipinski definition) is 3. The Morgan fingerprint density at radius 2 is 2.26 bits per heavy atom. The van der Waals surface area contributed by atoms with Gasteiger partial charge in [-0.25, -0.2) is 13.1 Å². The lowest BCUT2D eigenvalue weighted by Crippen LogP contribution is -2.43. The Morgan fingerprint density at radius 3 is 2.89 bits per heavy atom. The molecule has 1 aliphatic rings. The summed E-state index contributed by atoms with van der Waals surface area (Å²) in [6.45, 7) is 0.401. The minimum Gasteiger partial charge on any atom is -0.399 e. The van der Waals surface area contributed by atoms with Crippen molar-refractivity contribution in [3.05, 3.63) is 23.2 Å². The molecule has 1 fully saturated rings. The van der Waals surface area contributed by atoms with Gasteiger partial charge in [0.1, 0.15) is 10.5 Å². The summed E-state index contributed by atoms with van der Waals surface area (Å²) in [5.74, 6) is 0. The van der Waals surface area contributed by atoms with Crippen LogP contribution < -0.4 is 10.5 Å². The van der Waals surface area contributed by atoms with Crippen LogP contribution in [-0.4, -0.2) is 38.9 Å². The van der Waals surface area contributed by atoms with E-state index in [2.05, 4.69) is 4.72 Å². The smallest absolute Gasteiger partial charge is 0.242 e. The van der Waals surface area contributed by atoms with Crippen molar-refractivity contribution in [2.24, 2.45) is 0 Å². The molecule has 106 valence electrons. The van der Waals surface area contributed by atoms with Crippen molar-refractivity contribution in [2.75, 3.05) is 25.5 Å². The summed E-state index contributed by atoms with van der Waals surface area (Å²) in [5.41, 5.74) is 4.68. The first kappa shape index (κ1) is 14.5. The summed E-state index contributed by atoms with van der Waals surface area (Å²) in [6, 6.07) is 4.21. The lowest BCUT2D eigenvalue weighted by molar-refractivity contribution is 0.0314. The molecule has 0 radical (unpaired) electrons. The molecule has 0 aromatic heterocycles. The maximum atomic E-state index is 12.1. The van der Waals surface area contributed by atoms with Gasteiger partial charge in [-0.15, -0.1) is 0 Å². The molecular weight excluding hydrogens is 292 g/mol. The van der Waals surface area contributed by atoms with Crippen molar-refractivity contribution in [3.8, 4) is 0 Å². The summed E-state index contributed by atoms with van der Waals surface area (Å²) in [4.78, 5) is -0.100. The van der Waals surface area contributed by atoms with Crippen LogP contribution in [0, 0.1) is 0 Å². The van der Waals surface area contributed by atoms with Crippen molar-refractivity contribution in [3.63, 3.8) is 0 Å². The van der Waals surface area contributed by atoms with Crippen LogP contribution in [0.25, 0.3) is 0 Å². The van der Waals surface area contributed by atoms with Crippen molar-refractivity contribution in [1.82, 2.24) is 4.72 Å². The number of anilines is 1. The second-order valence-corrected chi connectivity index (χ2v) is 6.68. The molecule has 4 N–H and O–H groups in total. The molecule has 1 unspecified atom stereocenters. The monoisotopic (exact) mass is 306 g/mol. The molecule has 8 heteroatoms. The van der Waals surface area contributed by atoms with Crippen LogP contribution in [0.15, 0.2) is 23.1 Å². The predicted molar refractivity (Wildman–Crippen MR) is 71.4 cm³/mol. The van der Waals surface area contributed by atoms with Crippen molar-refractivity contribution >= 4 is 27.3 Å². The molecule has 1 heterocycles. The molecular formula is C11H15ClN2O4S. The molecule has 1 atom stereocenters. The molecule has 1 aromatic carbocycles. The van der Waals surface area contributed by atoms with Gasteiger partial charge < -0.3 is 15.6 Å². The average molecular weight is 307 g/mol. The van der Waals surface area contributed by atoms with Crippen molar-refractivity contribution in [2.45, 2.75) is 16.9 Å². The number of ether oxygens (including phenoxy) is 1. The van der Waals surface area contributed by atoms with E-state index in [0.717, 1.165) is 0 Å². The zero-order valence-electron chi connectivity index (χ0n) is 10.1. The van der Waals surface area contributed by atoms with Gasteiger partial charge in [-0.05, 0) is 18.2 Å². The Morgan fingerprint density at radius 1 is 1.53 bits per heavy atom. The Kier molecular flexibility index (Phi) is 4.03. The van der Waals surface area contributed by atoms with Crippen LogP contribution in [0.3, 0.4) is 0 Å². The molecule has 1 saturated heterocycles. The number of rotatable bonds is 4. The molecule has 1 aliphatic heterocycles. The molecule has 0 amide bonds. The third-order valence-corrected chi connectivity index (χ3v) is 4.80. The van der Waals surface area contributed by atoms with E-state index in [0.29, 0.717) is 18.7 Å². The van der Waals surface area contributed by atoms with E-state index in [1.165, 1.54) is 18.2 Å². The summed E-state index contributed by atoms with van der Waals surface area (Å²) < 4.78 is 31.6. The Hall–Kier alpha value is -0.860. The Balaban J connectivity index is 2.16. The van der Waals surface area contributed by atoms with Crippen LogP contribution in [0.5, 0.6) is 0 Å². The lowest BCUT2D eigenvalue weighted by atomic mass is 10.1. The van der Waals surface area contributed by atoms with Gasteiger partial charge in [-0.1, -0.05) is 11.6 Å². The normalized spacial score (nSPS) is 23.7. The van der Waals surface area contributed by atoms with E-state index in [1.54, 1.807) is 0 Å². The lowest BCUT2D eigenvalue weighted by Gasteiger charge is -2.20. The van der Waals surface area contributed by atoms with E-state index in [1.807, 2.05) is 0 Å². The third-order valence-electron chi connectivity index (χ3n) is 2.92. The van der Waals surface area contributed by atoms with E-state index in [9.17, 15) is 13.5 Å². The first-order chi connectivity index (χ1) is 8.82. The first-order valence-electron chi connectivity index (χ1n) is 5.67. The van der Waals surface area contributed by atoms with Gasteiger partial charge in [-0.2, -0.15) is 0 Å². The fourth-order valence-corrected chi connectivity index (χ4v) is 3.42. The zero-order valence-corrected chi connectivity index (χ0v) is 11.7. The van der Waals surface area contributed by atoms with E-state index in [-0.39, 0.29) is 23.1 Å². The molecule has 0 saturated carbocycles. The molecule has 0 bridgehead atoms. The minimum absolute atomic E-state index is 0.0800. The van der Waals surface area contributed by atoms with Crippen LogP contribution in [0.4, 0.5) is 5.69 Å². The van der Waals surface area contributed by atoms with Crippen LogP contribution >= 0.6 is 11.6 Å². The maximum Gasteiger partial charge on any atom is 0.242 e. The number of aliphatic hydroxyl groups is 1. The zero-order chi connectivity index (χ0) is 14.1. The maximum absolute atomic E-state index is 12.1. The number of nitrogens with one attached hydrogen (secondary N) is 1. The number of halogens is 1. The highest BCUT2D eigenvalue weighted by Gasteiger charge is 2.34. The Labute approximate surface area is 116 Å². The van der Waals surface area contributed by atoms with Gasteiger partial charge in [0.2, 0.25) is 10.0 Å². The van der Waals surface area contributed by atoms with Gasteiger partial charge >= 0.3 is 0 Å². The molecule has 19 heavy (non-hydrogen) atoms. The topological polar surface area (TPSA) is 102 Å². The Bertz CT molecular complexity index is 570. The fraction of sp³-hybridized carbons (Fsp3) is 0.455. The van der Waals surface area contributed by atoms with E-state index < -0.39 is 15.6 Å². The van der Waals surface area contributed by atoms with Gasteiger partial charge in [0, 0.05) is 25.3 Å². The van der Waals surface area contributed by atoms with Gasteiger partial charge in [0.15, 0.2) is 0 Å². The first-order valence-corrected chi connectivity index (χ1v) is 7.53. The highest BCUT2D eigenvalue weighted by molar-refractivity contribution is 7.89. The summed E-state index contributed by atoms with van der Waals surface area (Å²) in [6.07, 6.45) is 0.389. The number of benzene rings is 1. The summed E-state index contributed by atoms with van der Waals surface area (Å²) in [7, 11) is -3.82. The standard InChI is InChI=1S/C11H15ClN2O4S/c12-9-2-1-8(13)5-10(9)19(16,17)14-6-11(15)3-4-18-7-11/h1-2,5,14-15H,3-4,6-7,13H2. The molecule has 2 rings (SSSR count). The number of nitrogen functional groups attached to an aromatic ring is 1. The number of nitrogens with two attached hydrogens (primary N) is 1. The second-order valence-electron chi connectivity index (χ2n) is 4.54. The van der Waals surface area contributed by atoms with E-state index in [4.69, 9.17) is 22.1 Å². The van der Waals surface area contributed by atoms with Crippen molar-refractivity contribution in [1.29, 1.82) is 0 Å².